The van der Waals surface area contributed by atoms with E-state index in [1.165, 1.54) is 12.1 Å². The molecule has 0 bridgehead atoms. The van der Waals surface area contributed by atoms with Gasteiger partial charge in [-0.3, -0.25) is 0 Å². The molecule has 4 nitrogen and oxygen atoms in total. The molecule has 0 saturated carbocycles. The van der Waals surface area contributed by atoms with Gasteiger partial charge in [0.2, 0.25) is 0 Å². The minimum Gasteiger partial charge on any atom is -0.746 e. The molecule has 0 radical (unpaired) electrons. The predicted octanol–water partition coefficient (Wildman–Crippen LogP) is -2.13. The Labute approximate surface area is 111 Å². The van der Waals surface area contributed by atoms with Gasteiger partial charge in [-0.1, -0.05) is 36.9 Å². The van der Waals surface area contributed by atoms with Crippen LogP contribution in [0.3, 0.4) is 0 Å². The quantitative estimate of drug-likeness (QED) is 0.480. The Morgan fingerprint density at radius 1 is 1.33 bits per heavy atom. The van der Waals surface area contributed by atoms with E-state index in [1.54, 1.807) is 18.2 Å². The predicted molar refractivity (Wildman–Crippen MR) is 51.2 cm³/mol. The summed E-state index contributed by atoms with van der Waals surface area (Å²) < 4.78 is 31.4. The van der Waals surface area contributed by atoms with Crippen molar-refractivity contribution in [2.75, 3.05) is 0 Å². The normalized spacial score (nSPS) is 12.7. The van der Waals surface area contributed by atoms with Gasteiger partial charge in [0.05, 0.1) is 0 Å². The Hall–Kier alpha value is -0.170. The topological polar surface area (TPSA) is 77.4 Å². The summed E-state index contributed by atoms with van der Waals surface area (Å²) in [5.74, 6) is 0. The van der Waals surface area contributed by atoms with Crippen LogP contribution in [0.1, 0.15) is 16.6 Å². The summed E-state index contributed by atoms with van der Waals surface area (Å²) in [4.78, 5) is 0. The van der Waals surface area contributed by atoms with Crippen molar-refractivity contribution < 1.29 is 47.6 Å². The Morgan fingerprint density at radius 2 is 1.80 bits per heavy atom. The summed E-state index contributed by atoms with van der Waals surface area (Å²) in [6.07, 6.45) is 1.57. The second-order valence-electron chi connectivity index (χ2n) is 2.72. The fraction of sp³-hybridized carbons (Fsp3) is 0.111. The van der Waals surface area contributed by atoms with E-state index < -0.39 is 15.6 Å². The van der Waals surface area contributed by atoms with E-state index in [2.05, 4.69) is 6.58 Å². The Balaban J connectivity index is 0.00000196. The van der Waals surface area contributed by atoms with Crippen LogP contribution in [0.5, 0.6) is 0 Å². The molecule has 1 atom stereocenters. The van der Waals surface area contributed by atoms with Crippen molar-refractivity contribution in [3.63, 3.8) is 0 Å². The van der Waals surface area contributed by atoms with Crippen LogP contribution in [-0.2, 0) is 10.1 Å². The van der Waals surface area contributed by atoms with Gasteiger partial charge in [0.1, 0.15) is 10.1 Å². The summed E-state index contributed by atoms with van der Waals surface area (Å²) in [7, 11) is -4.70. The smallest absolute Gasteiger partial charge is 0.746 e. The molecule has 76 valence electrons. The molecule has 0 amide bonds. The Kier molecular flexibility index (Phi) is 5.72. The average Bonchev–Trinajstić information content (AvgIpc) is 2.15. The number of hydrogen-bond acceptors (Lipinski definition) is 4. The summed E-state index contributed by atoms with van der Waals surface area (Å²) in [6, 6.07) is 5.88. The number of aliphatic hydroxyl groups is 1. The summed E-state index contributed by atoms with van der Waals surface area (Å²) in [5.41, 5.74) is -1.16. The molecule has 0 aliphatic heterocycles. The van der Waals surface area contributed by atoms with E-state index in [1.807, 2.05) is 0 Å². The fourth-order valence-corrected chi connectivity index (χ4v) is 1.45. The zero-order chi connectivity index (χ0) is 10.8. The first-order valence-electron chi connectivity index (χ1n) is 3.80. The standard InChI is InChI=1S/C9H10O4S.Na/c1-2-7-3-5-8(6-4-7)9(10)14(11,12)13;/h2-6,9-10H,1H2,(H,11,12,13);/q;+1/p-1. The van der Waals surface area contributed by atoms with E-state index in [0.717, 1.165) is 5.56 Å². The monoisotopic (exact) mass is 236 g/mol. The summed E-state index contributed by atoms with van der Waals surface area (Å²) in [5, 5.41) is 9.09. The fourth-order valence-electron chi connectivity index (χ4n) is 0.963. The third-order valence-electron chi connectivity index (χ3n) is 1.73. The molecule has 1 unspecified atom stereocenters. The first-order valence-corrected chi connectivity index (χ1v) is 5.27. The average molecular weight is 236 g/mol. The van der Waals surface area contributed by atoms with Crippen LogP contribution in [0, 0.1) is 0 Å². The molecule has 0 aromatic heterocycles. The van der Waals surface area contributed by atoms with Crippen LogP contribution in [0.4, 0.5) is 0 Å². The maximum Gasteiger partial charge on any atom is 1.00 e. The molecular weight excluding hydrogens is 227 g/mol. The van der Waals surface area contributed by atoms with Crippen LogP contribution in [0.2, 0.25) is 0 Å². The van der Waals surface area contributed by atoms with Crippen molar-refractivity contribution in [2.45, 2.75) is 5.44 Å². The third-order valence-corrected chi connectivity index (χ3v) is 2.55. The number of rotatable bonds is 3. The van der Waals surface area contributed by atoms with Gasteiger partial charge in [0.15, 0.2) is 5.44 Å². The first kappa shape index (κ1) is 14.8. The maximum absolute atomic E-state index is 10.5. The second-order valence-corrected chi connectivity index (χ2v) is 4.15. The van der Waals surface area contributed by atoms with Gasteiger partial charge in [0.25, 0.3) is 0 Å². The van der Waals surface area contributed by atoms with Crippen LogP contribution >= 0.6 is 0 Å². The van der Waals surface area contributed by atoms with Gasteiger partial charge in [-0.15, -0.1) is 0 Å². The molecule has 6 heteroatoms. The molecule has 0 saturated heterocycles. The van der Waals surface area contributed by atoms with Gasteiger partial charge in [-0.05, 0) is 11.1 Å². The summed E-state index contributed by atoms with van der Waals surface area (Å²) >= 11 is 0. The van der Waals surface area contributed by atoms with Gasteiger partial charge >= 0.3 is 29.6 Å². The molecule has 1 aromatic carbocycles. The summed E-state index contributed by atoms with van der Waals surface area (Å²) in [6.45, 7) is 3.51. The SMILES string of the molecule is C=Cc1ccc(C(O)S(=O)(=O)[O-])cc1.[Na+]. The Bertz CT molecular complexity index is 424. The minimum absolute atomic E-state index is 0. The van der Waals surface area contributed by atoms with Crippen molar-refractivity contribution in [1.82, 2.24) is 0 Å². The van der Waals surface area contributed by atoms with Gasteiger partial charge in [-0.25, -0.2) is 8.42 Å². The molecule has 1 aromatic rings. The van der Waals surface area contributed by atoms with Crippen LogP contribution in [-0.4, -0.2) is 18.1 Å². The van der Waals surface area contributed by atoms with E-state index in [9.17, 15) is 13.0 Å². The first-order chi connectivity index (χ1) is 6.45. The van der Waals surface area contributed by atoms with E-state index >= 15 is 0 Å². The third kappa shape index (κ3) is 4.06. The van der Waals surface area contributed by atoms with Crippen LogP contribution in [0.25, 0.3) is 6.08 Å². The Morgan fingerprint density at radius 3 is 2.13 bits per heavy atom. The molecule has 0 fully saturated rings. The zero-order valence-electron chi connectivity index (χ0n) is 8.25. The number of hydrogen-bond donors (Lipinski definition) is 1. The van der Waals surface area contributed by atoms with Crippen molar-refractivity contribution >= 4 is 16.2 Å². The van der Waals surface area contributed by atoms with Crippen LogP contribution < -0.4 is 29.6 Å². The molecule has 15 heavy (non-hydrogen) atoms. The number of benzene rings is 1. The van der Waals surface area contributed by atoms with Crippen molar-refractivity contribution in [1.29, 1.82) is 0 Å². The maximum atomic E-state index is 10.5. The van der Waals surface area contributed by atoms with Crippen LogP contribution in [0.15, 0.2) is 30.8 Å². The van der Waals surface area contributed by atoms with Crippen molar-refractivity contribution in [2.24, 2.45) is 0 Å². The number of aliphatic hydroxyl groups excluding tert-OH is 1. The second kappa shape index (κ2) is 5.79. The molecule has 0 aliphatic carbocycles. The molecule has 0 heterocycles. The molecule has 1 rings (SSSR count). The van der Waals surface area contributed by atoms with Crippen molar-refractivity contribution in [3.8, 4) is 0 Å². The zero-order valence-corrected chi connectivity index (χ0v) is 11.1. The molecule has 0 spiro atoms. The van der Waals surface area contributed by atoms with Gasteiger partial charge < -0.3 is 9.66 Å². The van der Waals surface area contributed by atoms with Gasteiger partial charge in [-0.2, -0.15) is 0 Å². The van der Waals surface area contributed by atoms with E-state index in [4.69, 9.17) is 5.11 Å². The molecule has 1 N–H and O–H groups in total. The molecular formula is C9H9NaO4S. The molecule has 0 aliphatic rings. The van der Waals surface area contributed by atoms with Crippen molar-refractivity contribution in [3.05, 3.63) is 42.0 Å². The van der Waals surface area contributed by atoms with E-state index in [-0.39, 0.29) is 35.1 Å². The minimum atomic E-state index is -4.70. The largest absolute Gasteiger partial charge is 1.00 e. The van der Waals surface area contributed by atoms with Gasteiger partial charge in [0, 0.05) is 0 Å². The van der Waals surface area contributed by atoms with E-state index in [0.29, 0.717) is 0 Å².